The van der Waals surface area contributed by atoms with Gasteiger partial charge in [0.05, 0.1) is 21.6 Å². The van der Waals surface area contributed by atoms with E-state index in [2.05, 4.69) is 0 Å². The Kier molecular flexibility index (Phi) is 3.90. The minimum atomic E-state index is -3.92. The van der Waals surface area contributed by atoms with Crippen LogP contribution >= 0.6 is 0 Å². The lowest BCUT2D eigenvalue weighted by atomic mass is 10.1. The molecule has 3 rings (SSSR count). The molecule has 0 bridgehead atoms. The van der Waals surface area contributed by atoms with Crippen molar-refractivity contribution in [3.8, 4) is 0 Å². The van der Waals surface area contributed by atoms with Crippen molar-refractivity contribution >= 4 is 27.8 Å². The molecule has 0 saturated carbocycles. The molecule has 2 N–H and O–H groups in total. The number of aryl methyl sites for hydroxylation is 1. The van der Waals surface area contributed by atoms with E-state index in [1.54, 1.807) is 12.1 Å². The standard InChI is InChI=1S/C16H12N2O6S/c1-9-8-10(6-7-13(9)25(17,22)23)16(21)24-18-14(19)11-4-2-3-5-12(11)15(18)20/h2-8H,1H3,(H2,17,22,23). The number of nitrogens with zero attached hydrogens (tertiary/aromatic N) is 1. The highest BCUT2D eigenvalue weighted by molar-refractivity contribution is 7.89. The van der Waals surface area contributed by atoms with Gasteiger partial charge in [-0.2, -0.15) is 0 Å². The van der Waals surface area contributed by atoms with E-state index < -0.39 is 27.8 Å². The van der Waals surface area contributed by atoms with Crippen LogP contribution in [-0.2, 0) is 14.9 Å². The summed E-state index contributed by atoms with van der Waals surface area (Å²) < 4.78 is 22.8. The van der Waals surface area contributed by atoms with Gasteiger partial charge in [-0.3, -0.25) is 9.59 Å². The third-order valence-corrected chi connectivity index (χ3v) is 4.72. The van der Waals surface area contributed by atoms with Gasteiger partial charge in [-0.05, 0) is 42.8 Å². The van der Waals surface area contributed by atoms with Crippen molar-refractivity contribution in [3.63, 3.8) is 0 Å². The van der Waals surface area contributed by atoms with Gasteiger partial charge < -0.3 is 4.84 Å². The normalized spacial score (nSPS) is 13.8. The Morgan fingerprint density at radius 1 is 1.04 bits per heavy atom. The number of carbonyl (C=O) groups excluding carboxylic acids is 3. The van der Waals surface area contributed by atoms with Gasteiger partial charge in [0.2, 0.25) is 10.0 Å². The van der Waals surface area contributed by atoms with Crippen molar-refractivity contribution in [2.24, 2.45) is 5.14 Å². The Hall–Kier alpha value is -3.04. The average Bonchev–Trinajstić information content (AvgIpc) is 2.79. The number of amides is 2. The molecule has 8 nitrogen and oxygen atoms in total. The van der Waals surface area contributed by atoms with Crippen molar-refractivity contribution in [2.45, 2.75) is 11.8 Å². The molecule has 0 spiro atoms. The summed E-state index contributed by atoms with van der Waals surface area (Å²) in [7, 11) is -3.92. The molecule has 2 aromatic carbocycles. The van der Waals surface area contributed by atoms with E-state index in [-0.39, 0.29) is 27.1 Å². The number of hydrogen-bond acceptors (Lipinski definition) is 6. The lowest BCUT2D eigenvalue weighted by Crippen LogP contribution is -2.32. The van der Waals surface area contributed by atoms with E-state index in [9.17, 15) is 22.8 Å². The fourth-order valence-electron chi connectivity index (χ4n) is 2.48. The van der Waals surface area contributed by atoms with Crippen LogP contribution in [0.1, 0.15) is 36.6 Å². The van der Waals surface area contributed by atoms with Gasteiger partial charge in [-0.1, -0.05) is 17.2 Å². The molecule has 128 valence electrons. The Bertz CT molecular complexity index is 994. The summed E-state index contributed by atoms with van der Waals surface area (Å²) in [5, 5.41) is 5.44. The monoisotopic (exact) mass is 360 g/mol. The molecule has 0 aliphatic carbocycles. The molecule has 1 heterocycles. The number of fused-ring (bicyclic) bond motifs is 1. The highest BCUT2D eigenvalue weighted by atomic mass is 32.2. The van der Waals surface area contributed by atoms with Crippen LogP contribution in [0.15, 0.2) is 47.4 Å². The first-order valence-electron chi connectivity index (χ1n) is 7.03. The molecule has 0 radical (unpaired) electrons. The molecule has 0 saturated heterocycles. The van der Waals surface area contributed by atoms with Crippen LogP contribution in [0.2, 0.25) is 0 Å². The van der Waals surface area contributed by atoms with Gasteiger partial charge in [0.25, 0.3) is 11.8 Å². The summed E-state index contributed by atoms with van der Waals surface area (Å²) in [4.78, 5) is 41.3. The molecule has 0 aromatic heterocycles. The second-order valence-electron chi connectivity index (χ2n) is 5.35. The predicted octanol–water partition coefficient (Wildman–Crippen LogP) is 1.01. The highest BCUT2D eigenvalue weighted by Crippen LogP contribution is 2.24. The zero-order valence-corrected chi connectivity index (χ0v) is 13.7. The van der Waals surface area contributed by atoms with Crippen LogP contribution in [0.3, 0.4) is 0 Å². The van der Waals surface area contributed by atoms with Crippen molar-refractivity contribution in [3.05, 3.63) is 64.7 Å². The SMILES string of the molecule is Cc1cc(C(=O)ON2C(=O)c3ccccc3C2=O)ccc1S(N)(=O)=O. The Balaban J connectivity index is 1.86. The molecular formula is C16H12N2O6S. The van der Waals surface area contributed by atoms with E-state index in [1.165, 1.54) is 31.2 Å². The van der Waals surface area contributed by atoms with Crippen LogP contribution in [0.25, 0.3) is 0 Å². The number of benzene rings is 2. The molecule has 1 aliphatic rings. The fourth-order valence-corrected chi connectivity index (χ4v) is 3.25. The summed E-state index contributed by atoms with van der Waals surface area (Å²) in [6.45, 7) is 1.46. The first-order valence-corrected chi connectivity index (χ1v) is 8.58. The van der Waals surface area contributed by atoms with Crippen LogP contribution < -0.4 is 5.14 Å². The quantitative estimate of drug-likeness (QED) is 0.815. The minimum Gasteiger partial charge on any atom is -0.324 e. The van der Waals surface area contributed by atoms with Gasteiger partial charge in [0, 0.05) is 0 Å². The Morgan fingerprint density at radius 3 is 2.08 bits per heavy atom. The summed E-state index contributed by atoms with van der Waals surface area (Å²) in [5.74, 6) is -2.46. The number of carbonyl (C=O) groups is 3. The van der Waals surface area contributed by atoms with Gasteiger partial charge in [-0.25, -0.2) is 18.4 Å². The molecule has 1 aliphatic heterocycles. The van der Waals surface area contributed by atoms with E-state index in [0.29, 0.717) is 5.06 Å². The third kappa shape index (κ3) is 2.90. The van der Waals surface area contributed by atoms with E-state index in [1.807, 2.05) is 0 Å². The van der Waals surface area contributed by atoms with Crippen molar-refractivity contribution in [1.29, 1.82) is 0 Å². The highest BCUT2D eigenvalue weighted by Gasteiger charge is 2.38. The molecule has 0 unspecified atom stereocenters. The number of imide groups is 1. The van der Waals surface area contributed by atoms with Crippen LogP contribution in [0.5, 0.6) is 0 Å². The van der Waals surface area contributed by atoms with E-state index >= 15 is 0 Å². The number of sulfonamides is 1. The van der Waals surface area contributed by atoms with Crippen LogP contribution in [0.4, 0.5) is 0 Å². The molecule has 0 fully saturated rings. The Morgan fingerprint density at radius 2 is 1.60 bits per heavy atom. The molecule has 25 heavy (non-hydrogen) atoms. The van der Waals surface area contributed by atoms with Crippen molar-refractivity contribution in [1.82, 2.24) is 5.06 Å². The van der Waals surface area contributed by atoms with Crippen LogP contribution in [-0.4, -0.2) is 31.3 Å². The van der Waals surface area contributed by atoms with Gasteiger partial charge >= 0.3 is 5.97 Å². The maximum Gasteiger partial charge on any atom is 0.363 e. The van der Waals surface area contributed by atoms with E-state index in [4.69, 9.17) is 9.98 Å². The third-order valence-electron chi connectivity index (χ3n) is 3.65. The van der Waals surface area contributed by atoms with Crippen molar-refractivity contribution in [2.75, 3.05) is 0 Å². The summed E-state index contributed by atoms with van der Waals surface area (Å²) >= 11 is 0. The topological polar surface area (TPSA) is 124 Å². The maximum absolute atomic E-state index is 12.2. The van der Waals surface area contributed by atoms with Gasteiger partial charge in [0.1, 0.15) is 0 Å². The summed E-state index contributed by atoms with van der Waals surface area (Å²) in [5.41, 5.74) is 0.489. The van der Waals surface area contributed by atoms with Gasteiger partial charge in [0.15, 0.2) is 0 Å². The van der Waals surface area contributed by atoms with Crippen LogP contribution in [0, 0.1) is 6.92 Å². The summed E-state index contributed by atoms with van der Waals surface area (Å²) in [6, 6.07) is 9.68. The second kappa shape index (κ2) is 5.80. The molecule has 0 atom stereocenters. The molecular weight excluding hydrogens is 348 g/mol. The first kappa shape index (κ1) is 16.8. The molecule has 2 aromatic rings. The number of nitrogens with two attached hydrogens (primary N) is 1. The molecule has 2 amide bonds. The smallest absolute Gasteiger partial charge is 0.324 e. The molecule has 9 heteroatoms. The van der Waals surface area contributed by atoms with Crippen molar-refractivity contribution < 1.29 is 27.6 Å². The average molecular weight is 360 g/mol. The first-order chi connectivity index (χ1) is 11.7. The number of primary sulfonamides is 1. The lowest BCUT2D eigenvalue weighted by Gasteiger charge is -2.13. The predicted molar refractivity (Wildman–Crippen MR) is 84.9 cm³/mol. The lowest BCUT2D eigenvalue weighted by molar-refractivity contribution is -0.0584. The maximum atomic E-state index is 12.2. The second-order valence-corrected chi connectivity index (χ2v) is 6.88. The number of hydrogen-bond donors (Lipinski definition) is 1. The zero-order valence-electron chi connectivity index (χ0n) is 12.9. The Labute approximate surface area is 142 Å². The zero-order chi connectivity index (χ0) is 18.4. The largest absolute Gasteiger partial charge is 0.363 e. The fraction of sp³-hybridized carbons (Fsp3) is 0.0625. The van der Waals surface area contributed by atoms with E-state index in [0.717, 1.165) is 6.07 Å². The minimum absolute atomic E-state index is 0.0264. The number of rotatable bonds is 3. The summed E-state index contributed by atoms with van der Waals surface area (Å²) in [6.07, 6.45) is 0. The van der Waals surface area contributed by atoms with Gasteiger partial charge in [-0.15, -0.1) is 0 Å². The number of hydroxylamine groups is 2.